The van der Waals surface area contributed by atoms with E-state index in [1.165, 1.54) is 0 Å². The SMILES string of the molecule is Cc1cccc(Nc2ccc([C@H]3CCCN3C(=O)C(C)C)nc2)n1. The molecule has 2 aromatic rings. The summed E-state index contributed by atoms with van der Waals surface area (Å²) < 4.78 is 0. The second-order valence-electron chi connectivity index (χ2n) is 6.61. The van der Waals surface area contributed by atoms with Gasteiger partial charge >= 0.3 is 0 Å². The van der Waals surface area contributed by atoms with Crippen LogP contribution in [0.2, 0.25) is 0 Å². The first-order valence-corrected chi connectivity index (χ1v) is 8.51. The predicted octanol–water partition coefficient (Wildman–Crippen LogP) is 3.85. The van der Waals surface area contributed by atoms with E-state index in [-0.39, 0.29) is 17.9 Å². The lowest BCUT2D eigenvalue weighted by atomic mass is 10.1. The molecule has 1 amide bonds. The Bertz CT molecular complexity index is 712. The van der Waals surface area contributed by atoms with E-state index in [1.807, 2.05) is 62.2 Å². The molecule has 0 aromatic carbocycles. The van der Waals surface area contributed by atoms with Crippen LogP contribution in [0.4, 0.5) is 11.5 Å². The Kier molecular flexibility index (Phi) is 4.79. The van der Waals surface area contributed by atoms with Gasteiger partial charge in [0.15, 0.2) is 0 Å². The van der Waals surface area contributed by atoms with Gasteiger partial charge in [0, 0.05) is 18.2 Å². The fraction of sp³-hybridized carbons (Fsp3) is 0.421. The molecule has 1 saturated heterocycles. The predicted molar refractivity (Wildman–Crippen MR) is 95.0 cm³/mol. The molecule has 0 spiro atoms. The summed E-state index contributed by atoms with van der Waals surface area (Å²) in [5.41, 5.74) is 2.83. The molecular weight excluding hydrogens is 300 g/mol. The number of likely N-dealkylation sites (tertiary alicyclic amines) is 1. The van der Waals surface area contributed by atoms with E-state index in [0.717, 1.165) is 42.3 Å². The summed E-state index contributed by atoms with van der Waals surface area (Å²) in [6.07, 6.45) is 3.84. The number of aryl methyl sites for hydroxylation is 1. The second kappa shape index (κ2) is 6.99. The van der Waals surface area contributed by atoms with Crippen molar-refractivity contribution in [2.75, 3.05) is 11.9 Å². The number of pyridine rings is 2. The highest BCUT2D eigenvalue weighted by Crippen LogP contribution is 2.32. The Morgan fingerprint density at radius 3 is 2.79 bits per heavy atom. The third kappa shape index (κ3) is 3.55. The Labute approximate surface area is 143 Å². The van der Waals surface area contributed by atoms with Crippen molar-refractivity contribution in [2.45, 2.75) is 39.7 Å². The van der Waals surface area contributed by atoms with Crippen LogP contribution in [0.5, 0.6) is 0 Å². The Hall–Kier alpha value is -2.43. The van der Waals surface area contributed by atoms with Gasteiger partial charge in [-0.25, -0.2) is 4.98 Å². The van der Waals surface area contributed by atoms with Gasteiger partial charge in [0.1, 0.15) is 5.82 Å². The zero-order valence-corrected chi connectivity index (χ0v) is 14.5. The number of carbonyl (C=O) groups is 1. The molecule has 0 saturated carbocycles. The molecular formula is C19H24N4O. The Morgan fingerprint density at radius 2 is 2.12 bits per heavy atom. The maximum absolute atomic E-state index is 12.3. The summed E-state index contributed by atoms with van der Waals surface area (Å²) in [5.74, 6) is 1.05. The van der Waals surface area contributed by atoms with Crippen LogP contribution in [0.1, 0.15) is 44.1 Å². The minimum Gasteiger partial charge on any atom is -0.339 e. The Morgan fingerprint density at radius 1 is 1.29 bits per heavy atom. The lowest BCUT2D eigenvalue weighted by Crippen LogP contribution is -2.34. The van der Waals surface area contributed by atoms with Crippen molar-refractivity contribution in [2.24, 2.45) is 5.92 Å². The molecule has 1 N–H and O–H groups in total. The van der Waals surface area contributed by atoms with Crippen molar-refractivity contribution in [1.29, 1.82) is 0 Å². The van der Waals surface area contributed by atoms with E-state index < -0.39 is 0 Å². The van der Waals surface area contributed by atoms with E-state index in [9.17, 15) is 4.79 Å². The minimum atomic E-state index is 0.0268. The molecule has 5 heteroatoms. The van der Waals surface area contributed by atoms with Crippen molar-refractivity contribution in [3.05, 3.63) is 47.9 Å². The van der Waals surface area contributed by atoms with E-state index >= 15 is 0 Å². The average molecular weight is 324 g/mol. The van der Waals surface area contributed by atoms with Crippen molar-refractivity contribution < 1.29 is 4.79 Å². The van der Waals surface area contributed by atoms with Gasteiger partial charge < -0.3 is 10.2 Å². The molecule has 24 heavy (non-hydrogen) atoms. The zero-order chi connectivity index (χ0) is 17.1. The van der Waals surface area contributed by atoms with E-state index in [4.69, 9.17) is 0 Å². The van der Waals surface area contributed by atoms with Crippen LogP contribution in [-0.2, 0) is 4.79 Å². The molecule has 2 aromatic heterocycles. The first kappa shape index (κ1) is 16.4. The maximum Gasteiger partial charge on any atom is 0.225 e. The first-order chi connectivity index (χ1) is 11.5. The van der Waals surface area contributed by atoms with Gasteiger partial charge in [0.05, 0.1) is 23.6 Å². The fourth-order valence-electron chi connectivity index (χ4n) is 3.11. The molecule has 5 nitrogen and oxygen atoms in total. The molecule has 126 valence electrons. The van der Waals surface area contributed by atoms with E-state index in [0.29, 0.717) is 0 Å². The van der Waals surface area contributed by atoms with Crippen molar-refractivity contribution in [3.63, 3.8) is 0 Å². The van der Waals surface area contributed by atoms with Crippen LogP contribution < -0.4 is 5.32 Å². The molecule has 1 atom stereocenters. The molecule has 3 heterocycles. The number of hydrogen-bond acceptors (Lipinski definition) is 4. The van der Waals surface area contributed by atoms with Crippen LogP contribution in [0.15, 0.2) is 36.5 Å². The van der Waals surface area contributed by atoms with Crippen molar-refractivity contribution >= 4 is 17.4 Å². The number of nitrogens with one attached hydrogen (secondary N) is 1. The molecule has 1 aliphatic rings. The number of aromatic nitrogens is 2. The van der Waals surface area contributed by atoms with Crippen molar-refractivity contribution in [3.8, 4) is 0 Å². The van der Waals surface area contributed by atoms with Crippen LogP contribution in [0.3, 0.4) is 0 Å². The first-order valence-electron chi connectivity index (χ1n) is 8.51. The monoisotopic (exact) mass is 324 g/mol. The summed E-state index contributed by atoms with van der Waals surface area (Å²) in [7, 11) is 0. The number of nitrogens with zero attached hydrogens (tertiary/aromatic N) is 3. The lowest BCUT2D eigenvalue weighted by Gasteiger charge is -2.26. The maximum atomic E-state index is 12.3. The summed E-state index contributed by atoms with van der Waals surface area (Å²) in [6.45, 7) is 6.70. The smallest absolute Gasteiger partial charge is 0.225 e. The van der Waals surface area contributed by atoms with Crippen LogP contribution in [0.25, 0.3) is 0 Å². The third-order valence-corrected chi connectivity index (χ3v) is 4.32. The topological polar surface area (TPSA) is 58.1 Å². The summed E-state index contributed by atoms with van der Waals surface area (Å²) >= 11 is 0. The highest BCUT2D eigenvalue weighted by Gasteiger charge is 2.31. The van der Waals surface area contributed by atoms with Gasteiger partial charge in [0.2, 0.25) is 5.91 Å². The number of carbonyl (C=O) groups excluding carboxylic acids is 1. The van der Waals surface area contributed by atoms with Gasteiger partial charge in [0.25, 0.3) is 0 Å². The van der Waals surface area contributed by atoms with Gasteiger partial charge in [-0.3, -0.25) is 9.78 Å². The van der Waals surface area contributed by atoms with E-state index in [2.05, 4.69) is 15.3 Å². The number of hydrogen-bond donors (Lipinski definition) is 1. The molecule has 0 bridgehead atoms. The quantitative estimate of drug-likeness (QED) is 0.928. The summed E-state index contributed by atoms with van der Waals surface area (Å²) in [6, 6.07) is 9.98. The van der Waals surface area contributed by atoms with Gasteiger partial charge in [-0.15, -0.1) is 0 Å². The highest BCUT2D eigenvalue weighted by atomic mass is 16.2. The Balaban J connectivity index is 1.73. The highest BCUT2D eigenvalue weighted by molar-refractivity contribution is 5.78. The summed E-state index contributed by atoms with van der Waals surface area (Å²) in [4.78, 5) is 23.3. The fourth-order valence-corrected chi connectivity index (χ4v) is 3.11. The van der Waals surface area contributed by atoms with Crippen LogP contribution in [-0.4, -0.2) is 27.3 Å². The van der Waals surface area contributed by atoms with Gasteiger partial charge in [-0.2, -0.15) is 0 Å². The number of rotatable bonds is 4. The van der Waals surface area contributed by atoms with E-state index in [1.54, 1.807) is 0 Å². The van der Waals surface area contributed by atoms with Crippen LogP contribution in [0, 0.1) is 12.8 Å². The molecule has 3 rings (SSSR count). The van der Waals surface area contributed by atoms with Gasteiger partial charge in [-0.1, -0.05) is 19.9 Å². The molecule has 0 radical (unpaired) electrons. The minimum absolute atomic E-state index is 0.0268. The molecule has 0 unspecified atom stereocenters. The zero-order valence-electron chi connectivity index (χ0n) is 14.5. The number of anilines is 2. The average Bonchev–Trinajstić information content (AvgIpc) is 3.04. The molecule has 0 aliphatic carbocycles. The molecule has 1 fully saturated rings. The standard InChI is InChI=1S/C19H24N4O/c1-13(2)19(24)23-11-5-7-17(23)16-10-9-15(12-20-16)22-18-8-4-6-14(3)21-18/h4,6,8-10,12-13,17H,5,7,11H2,1-3H3,(H,21,22)/t17-/m1/s1. The van der Waals surface area contributed by atoms with Crippen LogP contribution >= 0.6 is 0 Å². The molecule has 1 aliphatic heterocycles. The van der Waals surface area contributed by atoms with Crippen molar-refractivity contribution in [1.82, 2.24) is 14.9 Å². The number of amides is 1. The third-order valence-electron chi connectivity index (χ3n) is 4.32. The lowest BCUT2D eigenvalue weighted by molar-refractivity contribution is -0.135. The normalized spacial score (nSPS) is 17.3. The largest absolute Gasteiger partial charge is 0.339 e. The summed E-state index contributed by atoms with van der Waals surface area (Å²) in [5, 5.41) is 3.26. The second-order valence-corrected chi connectivity index (χ2v) is 6.61. The van der Waals surface area contributed by atoms with Gasteiger partial charge in [-0.05, 0) is 44.0 Å².